The molecule has 0 radical (unpaired) electrons. The van der Waals surface area contributed by atoms with Crippen molar-refractivity contribution in [3.8, 4) is 0 Å². The molecule has 21 heavy (non-hydrogen) atoms. The number of nitrogens with zero attached hydrogens (tertiary/aromatic N) is 1. The van der Waals surface area contributed by atoms with Crippen LogP contribution in [0.15, 0.2) is 18.2 Å². The number of nitrogens with one attached hydrogen (secondary N) is 1. The minimum absolute atomic E-state index is 0.0121. The summed E-state index contributed by atoms with van der Waals surface area (Å²) in [6.07, 6.45) is 1.12. The van der Waals surface area contributed by atoms with Crippen LogP contribution in [0.25, 0.3) is 0 Å². The summed E-state index contributed by atoms with van der Waals surface area (Å²) in [5, 5.41) is 3.87. The second-order valence-corrected chi connectivity index (χ2v) is 6.02. The van der Waals surface area contributed by atoms with E-state index in [0.29, 0.717) is 23.7 Å². The summed E-state index contributed by atoms with van der Waals surface area (Å²) < 4.78 is 5.69. The minimum atomic E-state index is 0.0121. The third-order valence-electron chi connectivity index (χ3n) is 3.48. The second kappa shape index (κ2) is 7.14. The standard InChI is InChI=1S/C16H23ClN2O2/c1-4-7-18-15-6-5-13(17)8-14(15)16(20)19-9-11(2)21-12(3)10-19/h5-6,8,11-12,18H,4,7,9-10H2,1-3H3. The molecular weight excluding hydrogens is 288 g/mol. The highest BCUT2D eigenvalue weighted by Gasteiger charge is 2.27. The highest BCUT2D eigenvalue weighted by atomic mass is 35.5. The Morgan fingerprint density at radius 2 is 2.05 bits per heavy atom. The maximum Gasteiger partial charge on any atom is 0.256 e. The van der Waals surface area contributed by atoms with Crippen molar-refractivity contribution in [1.29, 1.82) is 0 Å². The van der Waals surface area contributed by atoms with Crippen molar-refractivity contribution in [2.75, 3.05) is 25.0 Å². The number of ether oxygens (including phenoxy) is 1. The van der Waals surface area contributed by atoms with Gasteiger partial charge in [0.25, 0.3) is 5.91 Å². The van der Waals surface area contributed by atoms with E-state index in [2.05, 4.69) is 12.2 Å². The zero-order valence-electron chi connectivity index (χ0n) is 12.9. The minimum Gasteiger partial charge on any atom is -0.384 e. The van der Waals surface area contributed by atoms with Crippen LogP contribution in [0.1, 0.15) is 37.6 Å². The second-order valence-electron chi connectivity index (χ2n) is 5.58. The van der Waals surface area contributed by atoms with E-state index in [9.17, 15) is 4.79 Å². The largest absolute Gasteiger partial charge is 0.384 e. The molecule has 2 atom stereocenters. The molecule has 1 aliphatic rings. The summed E-state index contributed by atoms with van der Waals surface area (Å²) in [6, 6.07) is 5.42. The van der Waals surface area contributed by atoms with Crippen molar-refractivity contribution in [1.82, 2.24) is 4.90 Å². The molecule has 4 nitrogen and oxygen atoms in total. The molecule has 2 rings (SSSR count). The van der Waals surface area contributed by atoms with Gasteiger partial charge < -0.3 is 15.0 Å². The van der Waals surface area contributed by atoms with Crippen LogP contribution in [-0.2, 0) is 4.74 Å². The average molecular weight is 311 g/mol. The SMILES string of the molecule is CCCNc1ccc(Cl)cc1C(=O)N1CC(C)OC(C)C1. The summed E-state index contributed by atoms with van der Waals surface area (Å²) in [7, 11) is 0. The predicted octanol–water partition coefficient (Wildman–Crippen LogP) is 3.41. The van der Waals surface area contributed by atoms with Gasteiger partial charge in [0.15, 0.2) is 0 Å². The van der Waals surface area contributed by atoms with Crippen LogP contribution in [0.2, 0.25) is 5.02 Å². The van der Waals surface area contributed by atoms with E-state index in [1.54, 1.807) is 12.1 Å². The number of rotatable bonds is 4. The molecule has 2 unspecified atom stereocenters. The molecule has 1 aromatic carbocycles. The average Bonchev–Trinajstić information content (AvgIpc) is 2.44. The van der Waals surface area contributed by atoms with Crippen molar-refractivity contribution in [2.45, 2.75) is 39.4 Å². The fourth-order valence-corrected chi connectivity index (χ4v) is 2.79. The van der Waals surface area contributed by atoms with Gasteiger partial charge in [0.05, 0.1) is 17.8 Å². The van der Waals surface area contributed by atoms with Gasteiger partial charge in [-0.25, -0.2) is 0 Å². The Morgan fingerprint density at radius 3 is 2.67 bits per heavy atom. The molecule has 1 fully saturated rings. The molecular formula is C16H23ClN2O2. The Labute approximate surface area is 131 Å². The Hall–Kier alpha value is -1.26. The summed E-state index contributed by atoms with van der Waals surface area (Å²) in [4.78, 5) is 14.6. The summed E-state index contributed by atoms with van der Waals surface area (Å²) >= 11 is 6.07. The molecule has 1 aliphatic heterocycles. The lowest BCUT2D eigenvalue weighted by Gasteiger charge is -2.35. The van der Waals surface area contributed by atoms with Gasteiger partial charge in [-0.2, -0.15) is 0 Å². The lowest BCUT2D eigenvalue weighted by Crippen LogP contribution is -2.48. The van der Waals surface area contributed by atoms with E-state index in [1.807, 2.05) is 24.8 Å². The van der Waals surface area contributed by atoms with Crippen LogP contribution in [0, 0.1) is 0 Å². The molecule has 1 amide bonds. The van der Waals surface area contributed by atoms with E-state index in [0.717, 1.165) is 18.7 Å². The summed E-state index contributed by atoms with van der Waals surface area (Å²) in [5.74, 6) is 0.0121. The zero-order valence-corrected chi connectivity index (χ0v) is 13.6. The van der Waals surface area contributed by atoms with Crippen LogP contribution in [0.5, 0.6) is 0 Å². The molecule has 0 spiro atoms. The maximum absolute atomic E-state index is 12.8. The Bertz CT molecular complexity index is 497. The molecule has 0 bridgehead atoms. The van der Waals surface area contributed by atoms with Crippen LogP contribution in [-0.4, -0.2) is 42.6 Å². The van der Waals surface area contributed by atoms with E-state index < -0.39 is 0 Å². The first kappa shape index (κ1) is 16.1. The first-order valence-electron chi connectivity index (χ1n) is 7.49. The maximum atomic E-state index is 12.8. The predicted molar refractivity (Wildman–Crippen MR) is 86.1 cm³/mol. The molecule has 1 heterocycles. The first-order valence-corrected chi connectivity index (χ1v) is 7.87. The smallest absolute Gasteiger partial charge is 0.256 e. The third kappa shape index (κ3) is 4.11. The number of carbonyl (C=O) groups excluding carboxylic acids is 1. The highest BCUT2D eigenvalue weighted by molar-refractivity contribution is 6.31. The van der Waals surface area contributed by atoms with Gasteiger partial charge in [-0.15, -0.1) is 0 Å². The lowest BCUT2D eigenvalue weighted by atomic mass is 10.1. The number of benzene rings is 1. The van der Waals surface area contributed by atoms with Crippen LogP contribution in [0.4, 0.5) is 5.69 Å². The normalized spacial score (nSPS) is 22.2. The molecule has 0 aliphatic carbocycles. The van der Waals surface area contributed by atoms with Gasteiger partial charge in [-0.3, -0.25) is 4.79 Å². The van der Waals surface area contributed by atoms with Crippen LogP contribution in [0.3, 0.4) is 0 Å². The van der Waals surface area contributed by atoms with Gasteiger partial charge in [0, 0.05) is 30.3 Å². The monoisotopic (exact) mass is 310 g/mol. The van der Waals surface area contributed by atoms with Gasteiger partial charge in [0.1, 0.15) is 0 Å². The Balaban J connectivity index is 2.22. The number of morpholine rings is 1. The van der Waals surface area contributed by atoms with Crippen LogP contribution >= 0.6 is 11.6 Å². The fraction of sp³-hybridized carbons (Fsp3) is 0.562. The van der Waals surface area contributed by atoms with Gasteiger partial charge in [-0.1, -0.05) is 18.5 Å². The third-order valence-corrected chi connectivity index (χ3v) is 3.72. The molecule has 0 saturated carbocycles. The fourth-order valence-electron chi connectivity index (χ4n) is 2.62. The van der Waals surface area contributed by atoms with E-state index in [-0.39, 0.29) is 18.1 Å². The first-order chi connectivity index (χ1) is 10.0. The number of anilines is 1. The van der Waals surface area contributed by atoms with E-state index in [1.165, 1.54) is 0 Å². The van der Waals surface area contributed by atoms with Crippen LogP contribution < -0.4 is 5.32 Å². The highest BCUT2D eigenvalue weighted by Crippen LogP contribution is 2.24. The van der Waals surface area contributed by atoms with Gasteiger partial charge in [-0.05, 0) is 38.5 Å². The zero-order chi connectivity index (χ0) is 15.4. The van der Waals surface area contributed by atoms with Crippen molar-refractivity contribution in [3.05, 3.63) is 28.8 Å². The number of carbonyl (C=O) groups is 1. The number of hydrogen-bond donors (Lipinski definition) is 1. The molecule has 116 valence electrons. The number of hydrogen-bond acceptors (Lipinski definition) is 3. The topological polar surface area (TPSA) is 41.6 Å². The van der Waals surface area contributed by atoms with Gasteiger partial charge in [0.2, 0.25) is 0 Å². The number of amides is 1. The molecule has 0 aromatic heterocycles. The van der Waals surface area contributed by atoms with Crippen molar-refractivity contribution >= 4 is 23.2 Å². The quantitative estimate of drug-likeness (QED) is 0.926. The Kier molecular flexibility index (Phi) is 5.48. The Morgan fingerprint density at radius 1 is 1.38 bits per heavy atom. The summed E-state index contributed by atoms with van der Waals surface area (Å²) in [5.41, 5.74) is 1.48. The van der Waals surface area contributed by atoms with Gasteiger partial charge >= 0.3 is 0 Å². The van der Waals surface area contributed by atoms with E-state index in [4.69, 9.17) is 16.3 Å². The molecule has 5 heteroatoms. The molecule has 1 saturated heterocycles. The van der Waals surface area contributed by atoms with E-state index >= 15 is 0 Å². The lowest BCUT2D eigenvalue weighted by molar-refractivity contribution is -0.0585. The number of halogens is 1. The molecule has 1 N–H and O–H groups in total. The molecule has 1 aromatic rings. The van der Waals surface area contributed by atoms with Crippen molar-refractivity contribution < 1.29 is 9.53 Å². The summed E-state index contributed by atoms with van der Waals surface area (Å²) in [6.45, 7) is 8.13. The van der Waals surface area contributed by atoms with Crippen molar-refractivity contribution in [3.63, 3.8) is 0 Å². The van der Waals surface area contributed by atoms with Crippen molar-refractivity contribution in [2.24, 2.45) is 0 Å².